The molecule has 0 aliphatic carbocycles. The molecule has 0 spiro atoms. The summed E-state index contributed by atoms with van der Waals surface area (Å²) in [5.41, 5.74) is 8.78. The highest BCUT2D eigenvalue weighted by molar-refractivity contribution is 5.88. The molecule has 2 aromatic rings. The summed E-state index contributed by atoms with van der Waals surface area (Å²) in [5.74, 6) is 0. The van der Waals surface area contributed by atoms with E-state index in [1.165, 1.54) is 136 Å². The molecule has 0 atom stereocenters. The van der Waals surface area contributed by atoms with Crippen LogP contribution in [0.2, 0.25) is 0 Å². The van der Waals surface area contributed by atoms with Crippen LogP contribution >= 0.6 is 0 Å². The average Bonchev–Trinajstić information content (AvgIpc) is 3.03. The monoisotopic (exact) mass is 578 g/mol. The third-order valence-corrected chi connectivity index (χ3v) is 8.49. The van der Waals surface area contributed by atoms with Crippen LogP contribution in [0.4, 0.5) is 0 Å². The summed E-state index contributed by atoms with van der Waals surface area (Å²) < 4.78 is 0. The molecule has 0 saturated heterocycles. The van der Waals surface area contributed by atoms with Gasteiger partial charge in [0.05, 0.1) is 0 Å². The van der Waals surface area contributed by atoms with Crippen molar-refractivity contribution in [2.45, 2.75) is 136 Å². The molecule has 234 valence electrons. The van der Waals surface area contributed by atoms with Crippen molar-refractivity contribution in [3.05, 3.63) is 119 Å². The Morgan fingerprint density at radius 2 is 1.16 bits per heavy atom. The zero-order chi connectivity index (χ0) is 31.0. The second kappa shape index (κ2) is 23.6. The van der Waals surface area contributed by atoms with Gasteiger partial charge in [-0.25, -0.2) is 0 Å². The molecular weight excluding hydrogens is 516 g/mol. The molecule has 0 amide bonds. The van der Waals surface area contributed by atoms with Gasteiger partial charge in [-0.3, -0.25) is 0 Å². The lowest BCUT2D eigenvalue weighted by Crippen LogP contribution is -1.99. The number of unbranched alkanes of at least 4 members (excludes halogenated alkanes) is 15. The van der Waals surface area contributed by atoms with E-state index in [1.54, 1.807) is 0 Å². The SMILES string of the molecule is C=CC(C=CCC)=Cc1ccccc1C(=C(CCCCCCCCCCCCCCCCCC)C(=C)C)c1ccccc1. The van der Waals surface area contributed by atoms with Crippen molar-refractivity contribution in [2.24, 2.45) is 0 Å². The van der Waals surface area contributed by atoms with Gasteiger partial charge in [-0.2, -0.15) is 0 Å². The minimum absolute atomic E-state index is 1.01. The molecule has 0 saturated carbocycles. The van der Waals surface area contributed by atoms with Gasteiger partial charge in [0.1, 0.15) is 0 Å². The van der Waals surface area contributed by atoms with E-state index in [9.17, 15) is 0 Å². The van der Waals surface area contributed by atoms with Crippen LogP contribution in [-0.4, -0.2) is 0 Å². The molecule has 43 heavy (non-hydrogen) atoms. The summed E-state index contributed by atoms with van der Waals surface area (Å²) in [6, 6.07) is 19.7. The maximum atomic E-state index is 4.47. The maximum Gasteiger partial charge on any atom is -0.00709 e. The van der Waals surface area contributed by atoms with Crippen molar-refractivity contribution in [2.75, 3.05) is 0 Å². The lowest BCUT2D eigenvalue weighted by Gasteiger charge is -2.19. The van der Waals surface area contributed by atoms with Gasteiger partial charge in [-0.05, 0) is 65.7 Å². The van der Waals surface area contributed by atoms with E-state index < -0.39 is 0 Å². The van der Waals surface area contributed by atoms with Gasteiger partial charge in [-0.1, -0.05) is 202 Å². The number of allylic oxidation sites excluding steroid dienone is 6. The maximum absolute atomic E-state index is 4.47. The fraction of sp³-hybridized carbons (Fsp3) is 0.488. The Bertz CT molecular complexity index is 1120. The third kappa shape index (κ3) is 14.9. The van der Waals surface area contributed by atoms with E-state index >= 15 is 0 Å². The van der Waals surface area contributed by atoms with Gasteiger partial charge in [0, 0.05) is 0 Å². The third-order valence-electron chi connectivity index (χ3n) is 8.49. The Morgan fingerprint density at radius 1 is 0.651 bits per heavy atom. The molecule has 2 aromatic carbocycles. The molecule has 0 fully saturated rings. The highest BCUT2D eigenvalue weighted by Crippen LogP contribution is 2.35. The van der Waals surface area contributed by atoms with Crippen LogP contribution in [0.3, 0.4) is 0 Å². The minimum atomic E-state index is 1.01. The van der Waals surface area contributed by atoms with E-state index in [2.05, 4.69) is 107 Å². The Morgan fingerprint density at radius 3 is 1.67 bits per heavy atom. The van der Waals surface area contributed by atoms with Crippen molar-refractivity contribution < 1.29 is 0 Å². The van der Waals surface area contributed by atoms with Gasteiger partial charge in [0.25, 0.3) is 0 Å². The van der Waals surface area contributed by atoms with Gasteiger partial charge in [-0.15, -0.1) is 0 Å². The minimum Gasteiger partial charge on any atom is -0.0985 e. The lowest BCUT2D eigenvalue weighted by atomic mass is 9.85. The Hall–Kier alpha value is -2.86. The van der Waals surface area contributed by atoms with Crippen molar-refractivity contribution in [3.8, 4) is 0 Å². The second-order valence-corrected chi connectivity index (χ2v) is 12.3. The number of hydrogen-bond acceptors (Lipinski definition) is 0. The van der Waals surface area contributed by atoms with Crippen LogP contribution in [0.25, 0.3) is 11.6 Å². The first-order chi connectivity index (χ1) is 21.1. The molecule has 0 aliphatic rings. The fourth-order valence-corrected chi connectivity index (χ4v) is 5.96. The Kier molecular flexibility index (Phi) is 19.9. The molecule has 0 nitrogen and oxygen atoms in total. The van der Waals surface area contributed by atoms with E-state index in [4.69, 9.17) is 0 Å². The molecule has 0 aliphatic heterocycles. The molecule has 0 heterocycles. The van der Waals surface area contributed by atoms with E-state index in [1.807, 2.05) is 6.08 Å². The van der Waals surface area contributed by atoms with Crippen LogP contribution in [0.1, 0.15) is 153 Å². The van der Waals surface area contributed by atoms with E-state index in [-0.39, 0.29) is 0 Å². The molecule has 2 rings (SSSR count). The summed E-state index contributed by atoms with van der Waals surface area (Å²) in [5, 5.41) is 0. The van der Waals surface area contributed by atoms with Crippen LogP contribution in [0, 0.1) is 0 Å². The lowest BCUT2D eigenvalue weighted by molar-refractivity contribution is 0.529. The quantitative estimate of drug-likeness (QED) is 0.0858. The number of hydrogen-bond donors (Lipinski definition) is 0. The van der Waals surface area contributed by atoms with E-state index in [0.29, 0.717) is 0 Å². The standard InChI is InChI=1S/C43H62/c1-6-9-11-12-13-14-15-16-17-18-19-20-21-22-23-27-34-41(37(4)5)43(39-31-25-24-26-32-39)42-35-29-28-33-40(42)36-38(8-3)30-10-7-2/h8,10,24-26,28-33,35-36H,3-4,6-7,9,11-23,27,34H2,1-2,5H3. The highest BCUT2D eigenvalue weighted by Gasteiger charge is 2.15. The highest BCUT2D eigenvalue weighted by atomic mass is 14.2. The Labute approximate surface area is 266 Å². The molecule has 0 radical (unpaired) electrons. The normalized spacial score (nSPS) is 12.5. The smallest absolute Gasteiger partial charge is 0.00709 e. The molecule has 0 aromatic heterocycles. The van der Waals surface area contributed by atoms with Gasteiger partial charge >= 0.3 is 0 Å². The average molecular weight is 579 g/mol. The predicted octanol–water partition coefficient (Wildman–Crippen LogP) is 14.3. The van der Waals surface area contributed by atoms with Crippen LogP contribution in [0.15, 0.2) is 103 Å². The molecular formula is C43H62. The molecule has 0 N–H and O–H groups in total. The zero-order valence-electron chi connectivity index (χ0n) is 28.1. The van der Waals surface area contributed by atoms with Crippen molar-refractivity contribution in [3.63, 3.8) is 0 Å². The first-order valence-electron chi connectivity index (χ1n) is 17.7. The fourth-order valence-electron chi connectivity index (χ4n) is 5.96. The van der Waals surface area contributed by atoms with Gasteiger partial charge in [0.2, 0.25) is 0 Å². The summed E-state index contributed by atoms with van der Waals surface area (Å²) in [7, 11) is 0. The van der Waals surface area contributed by atoms with Crippen LogP contribution in [0.5, 0.6) is 0 Å². The number of rotatable bonds is 24. The topological polar surface area (TPSA) is 0 Å². The largest absolute Gasteiger partial charge is 0.0985 e. The zero-order valence-corrected chi connectivity index (χ0v) is 28.1. The van der Waals surface area contributed by atoms with Crippen molar-refractivity contribution in [1.29, 1.82) is 0 Å². The number of benzene rings is 2. The summed E-state index contributed by atoms with van der Waals surface area (Å²) in [6.45, 7) is 15.2. The van der Waals surface area contributed by atoms with Crippen molar-refractivity contribution >= 4 is 11.6 Å². The second-order valence-electron chi connectivity index (χ2n) is 12.3. The predicted molar refractivity (Wildman–Crippen MR) is 195 cm³/mol. The van der Waals surface area contributed by atoms with Gasteiger partial charge in [0.15, 0.2) is 0 Å². The Balaban J connectivity index is 1.96. The van der Waals surface area contributed by atoms with Gasteiger partial charge < -0.3 is 0 Å². The van der Waals surface area contributed by atoms with Crippen LogP contribution in [-0.2, 0) is 0 Å². The summed E-state index contributed by atoms with van der Waals surface area (Å²) in [6.07, 6.45) is 33.0. The summed E-state index contributed by atoms with van der Waals surface area (Å²) in [4.78, 5) is 0. The molecule has 0 unspecified atom stereocenters. The first-order valence-corrected chi connectivity index (χ1v) is 17.7. The molecule has 0 bridgehead atoms. The van der Waals surface area contributed by atoms with Crippen LogP contribution < -0.4 is 0 Å². The molecule has 0 heteroatoms. The first kappa shape index (κ1) is 36.3. The van der Waals surface area contributed by atoms with E-state index in [0.717, 1.165) is 18.4 Å². The summed E-state index contributed by atoms with van der Waals surface area (Å²) >= 11 is 0. The van der Waals surface area contributed by atoms with Crippen molar-refractivity contribution in [1.82, 2.24) is 0 Å².